The summed E-state index contributed by atoms with van der Waals surface area (Å²) >= 11 is 6.04. The van der Waals surface area contributed by atoms with Gasteiger partial charge in [0.1, 0.15) is 0 Å². The molecule has 1 fully saturated rings. The first-order chi connectivity index (χ1) is 7.18. The second-order valence-corrected chi connectivity index (χ2v) is 5.35. The Morgan fingerprint density at radius 3 is 2.80 bits per heavy atom. The zero-order chi connectivity index (χ0) is 11.1. The van der Waals surface area contributed by atoms with Crippen LogP contribution in [0, 0.1) is 5.92 Å². The predicted octanol–water partition coefficient (Wildman–Crippen LogP) is 3.89. The van der Waals surface area contributed by atoms with Gasteiger partial charge in [-0.25, -0.2) is 0 Å². The number of aliphatic hydroxyl groups excluding tert-OH is 1. The molecule has 3 atom stereocenters. The molecule has 3 unspecified atom stereocenters. The number of rotatable bonds is 6. The molecule has 0 saturated heterocycles. The molecule has 0 amide bonds. The quantitative estimate of drug-likeness (QED) is 0.417. The second kappa shape index (κ2) is 7.29. The Morgan fingerprint density at radius 2 is 2.20 bits per heavy atom. The van der Waals surface area contributed by atoms with Gasteiger partial charge >= 0.3 is 0 Å². The van der Waals surface area contributed by atoms with E-state index in [0.29, 0.717) is 5.38 Å². The van der Waals surface area contributed by atoms with Crippen LogP contribution in [0.15, 0.2) is 12.2 Å². The zero-order valence-corrected chi connectivity index (χ0v) is 10.4. The third kappa shape index (κ3) is 6.21. The van der Waals surface area contributed by atoms with E-state index in [1.807, 2.05) is 6.92 Å². The van der Waals surface area contributed by atoms with Crippen LogP contribution in [-0.2, 0) is 0 Å². The molecule has 1 nitrogen and oxygen atoms in total. The summed E-state index contributed by atoms with van der Waals surface area (Å²) in [5.41, 5.74) is 0. The van der Waals surface area contributed by atoms with Crippen molar-refractivity contribution in [2.75, 3.05) is 0 Å². The maximum absolute atomic E-state index is 9.08. The fourth-order valence-corrected chi connectivity index (χ4v) is 2.48. The number of unbranched alkanes of at least 4 members (excludes halogenated alkanes) is 2. The van der Waals surface area contributed by atoms with Gasteiger partial charge in [-0.2, -0.15) is 0 Å². The Morgan fingerprint density at radius 1 is 1.40 bits per heavy atom. The highest BCUT2D eigenvalue weighted by atomic mass is 35.5. The van der Waals surface area contributed by atoms with Crippen LogP contribution in [0.4, 0.5) is 0 Å². The Bertz CT molecular complexity index is 189. The van der Waals surface area contributed by atoms with Gasteiger partial charge < -0.3 is 5.11 Å². The highest BCUT2D eigenvalue weighted by Gasteiger charge is 2.19. The molecule has 15 heavy (non-hydrogen) atoms. The minimum Gasteiger partial charge on any atom is -0.393 e. The molecule has 0 aromatic rings. The summed E-state index contributed by atoms with van der Waals surface area (Å²) in [4.78, 5) is 0. The van der Waals surface area contributed by atoms with Crippen LogP contribution >= 0.6 is 11.6 Å². The van der Waals surface area contributed by atoms with E-state index in [9.17, 15) is 0 Å². The van der Waals surface area contributed by atoms with Crippen molar-refractivity contribution in [3.8, 4) is 0 Å². The summed E-state index contributed by atoms with van der Waals surface area (Å²) in [6.07, 6.45) is 12.5. The molecule has 0 heterocycles. The van der Waals surface area contributed by atoms with E-state index in [0.717, 1.165) is 31.6 Å². The van der Waals surface area contributed by atoms with Gasteiger partial charge in [0, 0.05) is 5.38 Å². The van der Waals surface area contributed by atoms with Gasteiger partial charge in [-0.15, -0.1) is 11.6 Å². The van der Waals surface area contributed by atoms with Crippen LogP contribution < -0.4 is 0 Å². The maximum atomic E-state index is 9.08. The molecule has 1 rings (SSSR count). The summed E-state index contributed by atoms with van der Waals surface area (Å²) in [7, 11) is 0. The maximum Gasteiger partial charge on any atom is 0.0512 e. The first-order valence-corrected chi connectivity index (χ1v) is 6.61. The summed E-state index contributed by atoms with van der Waals surface area (Å²) in [5, 5.41) is 9.49. The molecule has 0 bridgehead atoms. The van der Waals surface area contributed by atoms with E-state index in [1.54, 1.807) is 0 Å². The second-order valence-electron chi connectivity index (χ2n) is 4.73. The van der Waals surface area contributed by atoms with Crippen molar-refractivity contribution >= 4 is 11.6 Å². The highest BCUT2D eigenvalue weighted by molar-refractivity contribution is 6.20. The standard InChI is InChI=1S/C13H23ClO/c1-11(15)6-4-2-3-5-7-12-8-9-13(14)10-12/h5,7,11-13,15H,2-4,6,8-10H2,1H3/b7-5+. The summed E-state index contributed by atoms with van der Waals surface area (Å²) in [6, 6.07) is 0. The fourth-order valence-electron chi connectivity index (χ4n) is 2.12. The van der Waals surface area contributed by atoms with Gasteiger partial charge in [-0.1, -0.05) is 18.6 Å². The molecular weight excluding hydrogens is 208 g/mol. The fraction of sp³-hybridized carbons (Fsp3) is 0.846. The molecule has 1 aliphatic carbocycles. The summed E-state index contributed by atoms with van der Waals surface area (Å²) in [5.74, 6) is 0.726. The van der Waals surface area contributed by atoms with Crippen molar-refractivity contribution in [3.63, 3.8) is 0 Å². The molecular formula is C13H23ClO. The van der Waals surface area contributed by atoms with E-state index >= 15 is 0 Å². The lowest BCUT2D eigenvalue weighted by atomic mass is 10.1. The van der Waals surface area contributed by atoms with Crippen LogP contribution in [-0.4, -0.2) is 16.6 Å². The average Bonchev–Trinajstić information content (AvgIpc) is 2.57. The predicted molar refractivity (Wildman–Crippen MR) is 66.3 cm³/mol. The lowest BCUT2D eigenvalue weighted by Gasteiger charge is -2.03. The molecule has 0 aromatic heterocycles. The van der Waals surface area contributed by atoms with E-state index < -0.39 is 0 Å². The smallest absolute Gasteiger partial charge is 0.0512 e. The zero-order valence-electron chi connectivity index (χ0n) is 9.66. The number of hydrogen-bond acceptors (Lipinski definition) is 1. The number of allylic oxidation sites excluding steroid dienone is 2. The van der Waals surface area contributed by atoms with Gasteiger partial charge in [0.2, 0.25) is 0 Å². The largest absolute Gasteiger partial charge is 0.393 e. The Balaban J connectivity index is 1.97. The van der Waals surface area contributed by atoms with Crippen LogP contribution in [0.5, 0.6) is 0 Å². The number of alkyl halides is 1. The Labute approximate surface area is 98.5 Å². The van der Waals surface area contributed by atoms with Crippen molar-refractivity contribution in [3.05, 3.63) is 12.2 Å². The molecule has 2 heteroatoms. The third-order valence-corrected chi connectivity index (χ3v) is 3.46. The lowest BCUT2D eigenvalue weighted by molar-refractivity contribution is 0.181. The topological polar surface area (TPSA) is 20.2 Å². The number of halogens is 1. The highest BCUT2D eigenvalue weighted by Crippen LogP contribution is 2.30. The molecule has 1 aliphatic rings. The van der Waals surface area contributed by atoms with Gasteiger partial charge in [-0.05, 0) is 51.4 Å². The minimum absolute atomic E-state index is 0.138. The van der Waals surface area contributed by atoms with E-state index in [4.69, 9.17) is 16.7 Å². The number of hydrogen-bond donors (Lipinski definition) is 1. The molecule has 88 valence electrons. The van der Waals surface area contributed by atoms with Crippen molar-refractivity contribution in [2.45, 2.75) is 63.4 Å². The SMILES string of the molecule is CC(O)CCCC/C=C/C1CCC(Cl)C1. The Kier molecular flexibility index (Phi) is 6.35. The van der Waals surface area contributed by atoms with Gasteiger partial charge in [0.25, 0.3) is 0 Å². The lowest BCUT2D eigenvalue weighted by Crippen LogP contribution is -1.97. The molecule has 0 aliphatic heterocycles. The third-order valence-electron chi connectivity index (χ3n) is 3.06. The van der Waals surface area contributed by atoms with Crippen LogP contribution in [0.25, 0.3) is 0 Å². The molecule has 0 spiro atoms. The Hall–Kier alpha value is -0.0100. The first-order valence-electron chi connectivity index (χ1n) is 6.17. The van der Waals surface area contributed by atoms with E-state index in [-0.39, 0.29) is 6.10 Å². The van der Waals surface area contributed by atoms with Crippen LogP contribution in [0.3, 0.4) is 0 Å². The van der Waals surface area contributed by atoms with Crippen molar-refractivity contribution in [2.24, 2.45) is 5.92 Å². The normalized spacial score (nSPS) is 28.7. The number of aliphatic hydroxyl groups is 1. The molecule has 1 saturated carbocycles. The van der Waals surface area contributed by atoms with Gasteiger partial charge in [-0.3, -0.25) is 0 Å². The van der Waals surface area contributed by atoms with Crippen molar-refractivity contribution in [1.29, 1.82) is 0 Å². The van der Waals surface area contributed by atoms with Crippen LogP contribution in [0.1, 0.15) is 51.9 Å². The molecule has 0 radical (unpaired) electrons. The van der Waals surface area contributed by atoms with E-state index in [1.165, 1.54) is 19.3 Å². The molecule has 1 N–H and O–H groups in total. The van der Waals surface area contributed by atoms with Crippen LogP contribution in [0.2, 0.25) is 0 Å². The first kappa shape index (κ1) is 13.1. The molecule has 0 aromatic carbocycles. The summed E-state index contributed by atoms with van der Waals surface area (Å²) < 4.78 is 0. The monoisotopic (exact) mass is 230 g/mol. The van der Waals surface area contributed by atoms with Gasteiger partial charge in [0.15, 0.2) is 0 Å². The minimum atomic E-state index is -0.138. The average molecular weight is 231 g/mol. The van der Waals surface area contributed by atoms with E-state index in [2.05, 4.69) is 12.2 Å². The van der Waals surface area contributed by atoms with Crippen molar-refractivity contribution in [1.82, 2.24) is 0 Å². The van der Waals surface area contributed by atoms with Crippen molar-refractivity contribution < 1.29 is 5.11 Å². The van der Waals surface area contributed by atoms with Gasteiger partial charge in [0.05, 0.1) is 6.10 Å². The summed E-state index contributed by atoms with van der Waals surface area (Å²) in [6.45, 7) is 1.86.